The lowest BCUT2D eigenvalue weighted by atomic mass is 9.92. The van der Waals surface area contributed by atoms with Crippen molar-refractivity contribution in [3.05, 3.63) is 35.4 Å². The van der Waals surface area contributed by atoms with Gasteiger partial charge in [0.05, 0.1) is 16.1 Å². The van der Waals surface area contributed by atoms with Gasteiger partial charge in [-0.15, -0.1) is 0 Å². The second kappa shape index (κ2) is 6.43. The monoisotopic (exact) mass is 318 g/mol. The van der Waals surface area contributed by atoms with Crippen LogP contribution in [0.25, 0.3) is 0 Å². The smallest absolute Gasteiger partial charge is 0.391 e. The summed E-state index contributed by atoms with van der Waals surface area (Å²) in [5.74, 6) is -0.627. The Kier molecular flexibility index (Phi) is 5.33. The van der Waals surface area contributed by atoms with Gasteiger partial charge in [0.25, 0.3) is 5.91 Å². The van der Waals surface area contributed by atoms with Crippen LogP contribution in [0.4, 0.5) is 13.2 Å². The molecule has 0 saturated carbocycles. The largest absolute Gasteiger partial charge is 0.416 e. The summed E-state index contributed by atoms with van der Waals surface area (Å²) < 4.78 is 38.0. The van der Waals surface area contributed by atoms with Gasteiger partial charge in [0.2, 0.25) is 0 Å². The Morgan fingerprint density at radius 3 is 2.29 bits per heavy atom. The molecule has 1 rings (SSSR count). The Balaban J connectivity index is 3.07. The highest BCUT2D eigenvalue weighted by Gasteiger charge is 2.33. The van der Waals surface area contributed by atoms with E-state index in [0.29, 0.717) is 12.8 Å². The number of amides is 1. The van der Waals surface area contributed by atoms with Gasteiger partial charge < -0.3 is 11.1 Å². The molecule has 116 valence electrons. The number of benzene rings is 1. The molecule has 0 aromatic heterocycles. The molecule has 0 fully saturated rings. The second-order valence-corrected chi connectivity index (χ2v) is 5.13. The first-order valence-electron chi connectivity index (χ1n) is 6.46. The standard InChI is InChI=1S/C14H17F3N2OS/c1-3-13(4-2,12(18)21)19-11(20)9-6-5-7-10(8-9)14(15,16)17/h5-8H,3-4H2,1-2H3,(H2,18,21)(H,19,20). The third-order valence-electron chi connectivity index (χ3n) is 3.48. The number of thiocarbonyl (C=S) groups is 1. The van der Waals surface area contributed by atoms with Crippen molar-refractivity contribution in [3.8, 4) is 0 Å². The average molecular weight is 318 g/mol. The van der Waals surface area contributed by atoms with E-state index in [0.717, 1.165) is 12.1 Å². The van der Waals surface area contributed by atoms with Crippen molar-refractivity contribution in [1.29, 1.82) is 0 Å². The Hall–Kier alpha value is -1.63. The zero-order chi connectivity index (χ0) is 16.3. The number of carbonyl (C=O) groups excluding carboxylic acids is 1. The van der Waals surface area contributed by atoms with E-state index in [4.69, 9.17) is 18.0 Å². The third kappa shape index (κ3) is 3.93. The number of nitrogens with two attached hydrogens (primary N) is 1. The summed E-state index contributed by atoms with van der Waals surface area (Å²) in [5, 5.41) is 2.65. The molecular weight excluding hydrogens is 301 g/mol. The highest BCUT2D eigenvalue weighted by molar-refractivity contribution is 7.80. The summed E-state index contributed by atoms with van der Waals surface area (Å²) >= 11 is 4.96. The van der Waals surface area contributed by atoms with Gasteiger partial charge in [-0.25, -0.2) is 0 Å². The normalized spacial score (nSPS) is 12.0. The molecule has 0 aliphatic carbocycles. The molecule has 3 N–H and O–H groups in total. The first kappa shape index (κ1) is 17.4. The van der Waals surface area contributed by atoms with Crippen LogP contribution >= 0.6 is 12.2 Å². The fourth-order valence-corrected chi connectivity index (χ4v) is 2.30. The molecule has 0 bridgehead atoms. The molecule has 0 heterocycles. The van der Waals surface area contributed by atoms with E-state index in [1.54, 1.807) is 13.8 Å². The van der Waals surface area contributed by atoms with Crippen LogP contribution in [-0.2, 0) is 6.18 Å². The fourth-order valence-electron chi connectivity index (χ4n) is 1.96. The molecular formula is C14H17F3N2OS. The summed E-state index contributed by atoms with van der Waals surface area (Å²) in [5.41, 5.74) is 3.82. The van der Waals surface area contributed by atoms with E-state index in [1.807, 2.05) is 0 Å². The summed E-state index contributed by atoms with van der Waals surface area (Å²) in [4.78, 5) is 12.3. The summed E-state index contributed by atoms with van der Waals surface area (Å²) in [7, 11) is 0. The minimum Gasteiger partial charge on any atom is -0.391 e. The molecule has 0 saturated heterocycles. The van der Waals surface area contributed by atoms with Crippen molar-refractivity contribution in [2.24, 2.45) is 5.73 Å². The highest BCUT2D eigenvalue weighted by atomic mass is 32.1. The van der Waals surface area contributed by atoms with Crippen LogP contribution in [0.5, 0.6) is 0 Å². The fraction of sp³-hybridized carbons (Fsp3) is 0.429. The van der Waals surface area contributed by atoms with Gasteiger partial charge in [0, 0.05) is 5.56 Å². The van der Waals surface area contributed by atoms with Gasteiger partial charge in [0.15, 0.2) is 0 Å². The Morgan fingerprint density at radius 1 is 1.29 bits per heavy atom. The lowest BCUT2D eigenvalue weighted by Gasteiger charge is -2.31. The number of hydrogen-bond acceptors (Lipinski definition) is 2. The highest BCUT2D eigenvalue weighted by Crippen LogP contribution is 2.29. The maximum absolute atomic E-state index is 12.7. The van der Waals surface area contributed by atoms with Gasteiger partial charge in [-0.2, -0.15) is 13.2 Å². The number of hydrogen-bond donors (Lipinski definition) is 2. The maximum Gasteiger partial charge on any atom is 0.416 e. The predicted octanol–water partition coefficient (Wildman–Crippen LogP) is 3.28. The zero-order valence-corrected chi connectivity index (χ0v) is 12.6. The molecule has 0 spiro atoms. The molecule has 7 heteroatoms. The van der Waals surface area contributed by atoms with Crippen LogP contribution in [0, 0.1) is 0 Å². The van der Waals surface area contributed by atoms with Crippen LogP contribution < -0.4 is 11.1 Å². The quantitative estimate of drug-likeness (QED) is 0.819. The van der Waals surface area contributed by atoms with E-state index in [9.17, 15) is 18.0 Å². The van der Waals surface area contributed by atoms with E-state index in [-0.39, 0.29) is 10.6 Å². The topological polar surface area (TPSA) is 55.1 Å². The molecule has 1 aromatic rings. The molecule has 1 aromatic carbocycles. The summed E-state index contributed by atoms with van der Waals surface area (Å²) in [6.45, 7) is 3.60. The third-order valence-corrected chi connectivity index (χ3v) is 3.87. The van der Waals surface area contributed by atoms with Crippen molar-refractivity contribution < 1.29 is 18.0 Å². The molecule has 0 aliphatic heterocycles. The van der Waals surface area contributed by atoms with E-state index < -0.39 is 23.2 Å². The molecule has 0 radical (unpaired) electrons. The lowest BCUT2D eigenvalue weighted by Crippen LogP contribution is -2.56. The van der Waals surface area contributed by atoms with E-state index >= 15 is 0 Å². The minimum atomic E-state index is -4.49. The Labute approximate surface area is 126 Å². The molecule has 1 amide bonds. The zero-order valence-electron chi connectivity index (χ0n) is 11.8. The van der Waals surface area contributed by atoms with Crippen molar-refractivity contribution in [2.45, 2.75) is 38.4 Å². The Bertz CT molecular complexity index is 539. The molecule has 0 unspecified atom stereocenters. The van der Waals surface area contributed by atoms with E-state index in [1.165, 1.54) is 12.1 Å². The van der Waals surface area contributed by atoms with Crippen LogP contribution in [0.1, 0.15) is 42.6 Å². The summed E-state index contributed by atoms with van der Waals surface area (Å²) in [6.07, 6.45) is -3.57. The van der Waals surface area contributed by atoms with Crippen LogP contribution in [0.3, 0.4) is 0 Å². The SMILES string of the molecule is CCC(CC)(NC(=O)c1cccc(C(F)(F)F)c1)C(N)=S. The van der Waals surface area contributed by atoms with Crippen molar-refractivity contribution >= 4 is 23.1 Å². The molecule has 21 heavy (non-hydrogen) atoms. The van der Waals surface area contributed by atoms with Gasteiger partial charge in [0.1, 0.15) is 0 Å². The van der Waals surface area contributed by atoms with E-state index in [2.05, 4.69) is 5.32 Å². The van der Waals surface area contributed by atoms with Crippen LogP contribution in [-0.4, -0.2) is 16.4 Å². The first-order valence-corrected chi connectivity index (χ1v) is 6.86. The second-order valence-electron chi connectivity index (χ2n) is 4.69. The number of alkyl halides is 3. The lowest BCUT2D eigenvalue weighted by molar-refractivity contribution is -0.137. The number of rotatable bonds is 5. The average Bonchev–Trinajstić information content (AvgIpc) is 2.43. The maximum atomic E-state index is 12.7. The van der Waals surface area contributed by atoms with Crippen molar-refractivity contribution in [2.75, 3.05) is 0 Å². The van der Waals surface area contributed by atoms with Crippen LogP contribution in [0.15, 0.2) is 24.3 Å². The van der Waals surface area contributed by atoms with Crippen molar-refractivity contribution in [1.82, 2.24) is 5.32 Å². The number of halogens is 3. The van der Waals surface area contributed by atoms with Gasteiger partial charge in [-0.3, -0.25) is 4.79 Å². The number of carbonyl (C=O) groups is 1. The van der Waals surface area contributed by atoms with Crippen LogP contribution in [0.2, 0.25) is 0 Å². The van der Waals surface area contributed by atoms with Crippen molar-refractivity contribution in [3.63, 3.8) is 0 Å². The first-order chi connectivity index (χ1) is 9.66. The molecule has 3 nitrogen and oxygen atoms in total. The molecule has 0 aliphatic rings. The van der Waals surface area contributed by atoms with Gasteiger partial charge >= 0.3 is 6.18 Å². The van der Waals surface area contributed by atoms with Gasteiger partial charge in [-0.1, -0.05) is 32.1 Å². The number of nitrogens with one attached hydrogen (secondary N) is 1. The minimum absolute atomic E-state index is 0.0765. The Morgan fingerprint density at radius 2 is 1.86 bits per heavy atom. The molecule has 0 atom stereocenters. The predicted molar refractivity (Wildman–Crippen MR) is 79.0 cm³/mol. The summed E-state index contributed by atoms with van der Waals surface area (Å²) in [6, 6.07) is 4.24. The van der Waals surface area contributed by atoms with Gasteiger partial charge in [-0.05, 0) is 31.0 Å².